The van der Waals surface area contributed by atoms with Gasteiger partial charge in [0, 0.05) is 100 Å². The molecule has 4 fully saturated rings. The van der Waals surface area contributed by atoms with Gasteiger partial charge in [-0.3, -0.25) is 33.6 Å². The van der Waals surface area contributed by atoms with Crippen LogP contribution in [0.3, 0.4) is 0 Å². The lowest BCUT2D eigenvalue weighted by Gasteiger charge is -2.37. The number of nitrogens with two attached hydrogens (primary N) is 1. The maximum Gasteiger partial charge on any atom is 0.224 e. The minimum absolute atomic E-state index is 0.0661. The van der Waals surface area contributed by atoms with Crippen LogP contribution in [0, 0.1) is 23.7 Å². The second kappa shape index (κ2) is 22.4. The fraction of sp³-hybridized carbons (Fsp3) is 0.833. The summed E-state index contributed by atoms with van der Waals surface area (Å²) in [5, 5.41) is 8.96. The first-order chi connectivity index (χ1) is 27.3. The average Bonchev–Trinajstić information content (AvgIpc) is 4.01. The molecule has 7 atom stereocenters. The van der Waals surface area contributed by atoms with Crippen LogP contribution in [0.15, 0.2) is 0 Å². The van der Waals surface area contributed by atoms with Crippen molar-refractivity contribution in [1.29, 1.82) is 0 Å². The lowest BCUT2D eigenvalue weighted by molar-refractivity contribution is -0.137. The SMILES string of the molecule is CCC(CC(C(=O)NCCCN)C(C)C(CC(CC)N1CCCC1=O)C(=O)NCNC(=O)C(CC(C)N1CCCC1=O)CC(C)N1CCCC1=O)N1CCCC1=O. The van der Waals surface area contributed by atoms with E-state index in [1.54, 1.807) is 0 Å². The molecule has 0 radical (unpaired) electrons. The molecular weight excluding hydrogens is 729 g/mol. The predicted octanol–water partition coefficient (Wildman–Crippen LogP) is 2.51. The van der Waals surface area contributed by atoms with Crippen LogP contribution in [0.25, 0.3) is 0 Å². The molecule has 322 valence electrons. The third kappa shape index (κ3) is 12.4. The fourth-order valence-corrected chi connectivity index (χ4v) is 9.72. The molecule has 4 saturated heterocycles. The van der Waals surface area contributed by atoms with Crippen molar-refractivity contribution in [3.63, 3.8) is 0 Å². The van der Waals surface area contributed by atoms with E-state index in [-0.39, 0.29) is 72.2 Å². The van der Waals surface area contributed by atoms with Crippen LogP contribution < -0.4 is 21.7 Å². The summed E-state index contributed by atoms with van der Waals surface area (Å²) >= 11 is 0. The molecular formula is C42H72N8O7. The van der Waals surface area contributed by atoms with E-state index in [0.29, 0.717) is 110 Å². The normalized spacial score (nSPS) is 21.7. The topological polar surface area (TPSA) is 195 Å². The van der Waals surface area contributed by atoms with Gasteiger partial charge in [0.2, 0.25) is 41.4 Å². The first-order valence-electron chi connectivity index (χ1n) is 22.0. The van der Waals surface area contributed by atoms with Crippen LogP contribution in [0.1, 0.15) is 131 Å². The molecule has 0 aromatic rings. The van der Waals surface area contributed by atoms with Gasteiger partial charge in [-0.25, -0.2) is 0 Å². The van der Waals surface area contributed by atoms with Gasteiger partial charge in [-0.05, 0) is 96.9 Å². The Morgan fingerprint density at radius 3 is 1.33 bits per heavy atom. The molecule has 5 N–H and O–H groups in total. The summed E-state index contributed by atoms with van der Waals surface area (Å²) in [6, 6.07) is -0.685. The Kier molecular flexibility index (Phi) is 18.1. The van der Waals surface area contributed by atoms with Gasteiger partial charge in [0.1, 0.15) is 0 Å². The molecule has 57 heavy (non-hydrogen) atoms. The Morgan fingerprint density at radius 1 is 0.579 bits per heavy atom. The number of nitrogens with one attached hydrogen (secondary N) is 3. The number of rotatable bonds is 24. The van der Waals surface area contributed by atoms with Crippen molar-refractivity contribution in [3.8, 4) is 0 Å². The molecule has 0 aromatic carbocycles. The lowest BCUT2D eigenvalue weighted by atomic mass is 9.75. The van der Waals surface area contributed by atoms with Crippen LogP contribution in [0.2, 0.25) is 0 Å². The van der Waals surface area contributed by atoms with E-state index in [0.717, 1.165) is 25.7 Å². The van der Waals surface area contributed by atoms with Crippen molar-refractivity contribution in [2.75, 3.05) is 45.9 Å². The number of amides is 7. The van der Waals surface area contributed by atoms with Gasteiger partial charge in [0.25, 0.3) is 0 Å². The predicted molar refractivity (Wildman–Crippen MR) is 217 cm³/mol. The number of carbonyl (C=O) groups is 7. The van der Waals surface area contributed by atoms with Crippen molar-refractivity contribution >= 4 is 41.4 Å². The fourth-order valence-electron chi connectivity index (χ4n) is 9.72. The largest absolute Gasteiger partial charge is 0.356 e. The van der Waals surface area contributed by atoms with Crippen molar-refractivity contribution in [3.05, 3.63) is 0 Å². The van der Waals surface area contributed by atoms with E-state index in [9.17, 15) is 33.6 Å². The Labute approximate surface area is 340 Å². The minimum Gasteiger partial charge on any atom is -0.356 e. The third-order valence-electron chi connectivity index (χ3n) is 13.2. The summed E-state index contributed by atoms with van der Waals surface area (Å²) in [4.78, 5) is 101. The molecule has 4 aliphatic heterocycles. The molecule has 0 aliphatic carbocycles. The van der Waals surface area contributed by atoms with Crippen LogP contribution in [0.4, 0.5) is 0 Å². The van der Waals surface area contributed by atoms with Gasteiger partial charge >= 0.3 is 0 Å². The summed E-state index contributed by atoms with van der Waals surface area (Å²) in [6.07, 6.45) is 8.62. The zero-order valence-corrected chi connectivity index (χ0v) is 35.4. The maximum atomic E-state index is 14.4. The molecule has 0 bridgehead atoms. The summed E-state index contributed by atoms with van der Waals surface area (Å²) in [5.74, 6) is -2.71. The highest BCUT2D eigenvalue weighted by Gasteiger charge is 2.41. The third-order valence-corrected chi connectivity index (χ3v) is 13.2. The summed E-state index contributed by atoms with van der Waals surface area (Å²) in [7, 11) is 0. The Morgan fingerprint density at radius 2 is 0.965 bits per heavy atom. The van der Waals surface area contributed by atoms with Crippen LogP contribution in [0.5, 0.6) is 0 Å². The molecule has 4 heterocycles. The highest BCUT2D eigenvalue weighted by atomic mass is 16.2. The van der Waals surface area contributed by atoms with Crippen molar-refractivity contribution in [2.24, 2.45) is 29.4 Å². The Hall–Kier alpha value is -3.75. The van der Waals surface area contributed by atoms with Gasteiger partial charge in [-0.2, -0.15) is 0 Å². The van der Waals surface area contributed by atoms with Crippen LogP contribution >= 0.6 is 0 Å². The minimum atomic E-state index is -0.685. The van der Waals surface area contributed by atoms with Gasteiger partial charge in [0.05, 0.1) is 6.67 Å². The van der Waals surface area contributed by atoms with Crippen molar-refractivity contribution in [2.45, 2.75) is 155 Å². The number of likely N-dealkylation sites (tertiary alicyclic amines) is 4. The molecule has 7 amide bonds. The highest BCUT2D eigenvalue weighted by Crippen LogP contribution is 2.34. The Balaban J connectivity index is 1.54. The van der Waals surface area contributed by atoms with Gasteiger partial charge in [0.15, 0.2) is 0 Å². The van der Waals surface area contributed by atoms with Crippen molar-refractivity contribution in [1.82, 2.24) is 35.6 Å². The molecule has 15 nitrogen and oxygen atoms in total. The Bertz CT molecular complexity index is 1380. The number of carbonyl (C=O) groups excluding carboxylic acids is 7. The molecule has 0 aromatic heterocycles. The molecule has 7 unspecified atom stereocenters. The summed E-state index contributed by atoms with van der Waals surface area (Å²) in [6.45, 7) is 13.1. The maximum absolute atomic E-state index is 14.4. The van der Waals surface area contributed by atoms with Crippen LogP contribution in [-0.4, -0.2) is 131 Å². The lowest BCUT2D eigenvalue weighted by Crippen LogP contribution is -2.50. The van der Waals surface area contributed by atoms with Gasteiger partial charge < -0.3 is 41.3 Å². The quantitative estimate of drug-likeness (QED) is 0.0845. The first kappa shape index (κ1) is 45.9. The molecule has 4 rings (SSSR count). The van der Waals surface area contributed by atoms with Gasteiger partial charge in [-0.1, -0.05) is 20.8 Å². The molecule has 0 saturated carbocycles. The molecule has 0 spiro atoms. The van der Waals surface area contributed by atoms with E-state index in [4.69, 9.17) is 5.73 Å². The molecule has 4 aliphatic rings. The van der Waals surface area contributed by atoms with Gasteiger partial charge in [-0.15, -0.1) is 0 Å². The highest BCUT2D eigenvalue weighted by molar-refractivity contribution is 5.85. The van der Waals surface area contributed by atoms with Crippen molar-refractivity contribution < 1.29 is 33.6 Å². The smallest absolute Gasteiger partial charge is 0.224 e. The van der Waals surface area contributed by atoms with E-state index in [2.05, 4.69) is 16.0 Å². The zero-order valence-electron chi connectivity index (χ0n) is 35.4. The zero-order chi connectivity index (χ0) is 41.6. The standard InChI is InChI=1S/C42H72N8O7/c1-6-32(49-21-10-15-38(49)53)25-34(41(56)44-18-12-17-43)30(5)35(26-33(7-2)50-22-11-16-39(50)54)42(57)46-27-45-40(55)31(23-28(3)47-19-8-13-36(47)51)24-29(4)48-20-9-14-37(48)52/h28-35H,6-27,43H2,1-5H3,(H,44,56)(H,45,55)(H,46,57). The number of hydrogen-bond acceptors (Lipinski definition) is 8. The van der Waals surface area contributed by atoms with Crippen LogP contribution in [-0.2, 0) is 33.6 Å². The van der Waals surface area contributed by atoms with E-state index < -0.39 is 23.7 Å². The first-order valence-corrected chi connectivity index (χ1v) is 22.0. The second-order valence-electron chi connectivity index (χ2n) is 17.0. The monoisotopic (exact) mass is 801 g/mol. The summed E-state index contributed by atoms with van der Waals surface area (Å²) < 4.78 is 0. The average molecular weight is 801 g/mol. The number of hydrogen-bond donors (Lipinski definition) is 4. The van der Waals surface area contributed by atoms with E-state index in [1.807, 2.05) is 54.2 Å². The van der Waals surface area contributed by atoms with E-state index in [1.165, 1.54) is 0 Å². The molecule has 15 heteroatoms. The second-order valence-corrected chi connectivity index (χ2v) is 17.0. The summed E-state index contributed by atoms with van der Waals surface area (Å²) in [5.41, 5.74) is 5.74. The number of nitrogens with zero attached hydrogens (tertiary/aromatic N) is 4. The van der Waals surface area contributed by atoms with E-state index >= 15 is 0 Å².